The first-order chi connectivity index (χ1) is 12.5. The lowest BCUT2D eigenvalue weighted by Crippen LogP contribution is -3.11. The summed E-state index contributed by atoms with van der Waals surface area (Å²) in [6, 6.07) is 12.7. The van der Waals surface area contributed by atoms with E-state index in [9.17, 15) is 9.18 Å². The molecule has 2 aromatic rings. The lowest BCUT2D eigenvalue weighted by Gasteiger charge is -2.34. The quantitative estimate of drug-likeness (QED) is 0.913. The lowest BCUT2D eigenvalue weighted by molar-refractivity contribution is -0.886. The normalized spacial score (nSPS) is 24.1. The molecular formula is C21H24FN2O2+. The van der Waals surface area contributed by atoms with Crippen molar-refractivity contribution in [2.24, 2.45) is 0 Å². The molecule has 4 rings (SSSR count). The molecule has 0 radical (unpaired) electrons. The Morgan fingerprint density at radius 3 is 2.92 bits per heavy atom. The first-order valence-corrected chi connectivity index (χ1v) is 9.16. The van der Waals surface area contributed by atoms with Crippen LogP contribution in [-0.2, 0) is 4.79 Å². The summed E-state index contributed by atoms with van der Waals surface area (Å²) in [5.74, 6) is -0.0754. The summed E-state index contributed by atoms with van der Waals surface area (Å²) in [6.07, 6.45) is 0.968. The number of ether oxygens (including phenoxy) is 1. The number of rotatable bonds is 3. The van der Waals surface area contributed by atoms with E-state index in [1.54, 1.807) is 18.2 Å². The van der Waals surface area contributed by atoms with Crippen molar-refractivity contribution in [3.63, 3.8) is 0 Å². The van der Waals surface area contributed by atoms with Gasteiger partial charge in [0, 0.05) is 12.1 Å². The van der Waals surface area contributed by atoms with Crippen molar-refractivity contribution in [2.45, 2.75) is 25.3 Å². The number of likely N-dealkylation sites (N-methyl/N-ethyl adjacent to an activating group) is 1. The molecule has 0 aromatic heterocycles. The third-order valence-corrected chi connectivity index (χ3v) is 5.53. The number of anilines is 1. The van der Waals surface area contributed by atoms with Gasteiger partial charge >= 0.3 is 0 Å². The van der Waals surface area contributed by atoms with Crippen molar-refractivity contribution < 1.29 is 18.8 Å². The molecule has 2 heterocycles. The predicted octanol–water partition coefficient (Wildman–Crippen LogP) is 1.93. The molecule has 4 nitrogen and oxygen atoms in total. The summed E-state index contributed by atoms with van der Waals surface area (Å²) >= 11 is 0. The van der Waals surface area contributed by atoms with Crippen molar-refractivity contribution >= 4 is 11.6 Å². The number of amides is 1. The summed E-state index contributed by atoms with van der Waals surface area (Å²) < 4.78 is 19.2. The average Bonchev–Trinajstić information content (AvgIpc) is 2.94. The predicted molar refractivity (Wildman–Crippen MR) is 98.3 cm³/mol. The molecule has 2 aliphatic rings. The summed E-state index contributed by atoms with van der Waals surface area (Å²) in [5.41, 5.74) is 3.46. The topological polar surface area (TPSA) is 34.0 Å². The Labute approximate surface area is 153 Å². The zero-order chi connectivity index (χ0) is 18.3. The molecule has 1 fully saturated rings. The molecule has 26 heavy (non-hydrogen) atoms. The maximum atomic E-state index is 13.8. The van der Waals surface area contributed by atoms with Gasteiger partial charge in [-0.1, -0.05) is 29.8 Å². The third-order valence-electron chi connectivity index (χ3n) is 5.53. The highest BCUT2D eigenvalue weighted by atomic mass is 19.1. The molecule has 5 heteroatoms. The van der Waals surface area contributed by atoms with Crippen LogP contribution in [0.15, 0.2) is 42.5 Å². The number of benzene rings is 2. The van der Waals surface area contributed by atoms with Gasteiger partial charge in [0.2, 0.25) is 0 Å². The van der Waals surface area contributed by atoms with Crippen LogP contribution in [0, 0.1) is 12.7 Å². The van der Waals surface area contributed by atoms with Crippen molar-refractivity contribution in [3.8, 4) is 5.75 Å². The first kappa shape index (κ1) is 17.0. The highest BCUT2D eigenvalue weighted by Crippen LogP contribution is 2.43. The molecule has 1 amide bonds. The zero-order valence-corrected chi connectivity index (χ0v) is 15.2. The summed E-state index contributed by atoms with van der Waals surface area (Å²) in [7, 11) is 2.21. The zero-order valence-electron chi connectivity index (χ0n) is 15.2. The standard InChI is InChI=1S/C21H23FN2O2/c1-14-7-8-18-15(11-14)16-12-23(2)10-9-19(16)24(18)21(25)13-26-20-6-4-3-5-17(20)22/h3-8,11,16,19H,9-10,12-13H2,1-2H3/p+1/t16-,19-/m1/s1. The van der Waals surface area contributed by atoms with Crippen LogP contribution >= 0.6 is 0 Å². The second kappa shape index (κ2) is 6.72. The fourth-order valence-electron chi connectivity index (χ4n) is 4.29. The number of carbonyl (C=O) groups is 1. The molecule has 0 spiro atoms. The molecule has 0 saturated carbocycles. The molecule has 0 aliphatic carbocycles. The Morgan fingerprint density at radius 1 is 1.31 bits per heavy atom. The van der Waals surface area contributed by atoms with E-state index < -0.39 is 5.82 Å². The van der Waals surface area contributed by atoms with Crippen LogP contribution in [0.3, 0.4) is 0 Å². The SMILES string of the molecule is Cc1ccc2c(c1)[C@H]1C[NH+](C)CC[C@H]1N2C(=O)COc1ccccc1F. The third kappa shape index (κ3) is 2.97. The highest BCUT2D eigenvalue weighted by Gasteiger charge is 2.45. The number of aryl methyl sites for hydroxylation is 1. The van der Waals surface area contributed by atoms with Crippen LogP contribution in [-0.4, -0.2) is 38.7 Å². The first-order valence-electron chi connectivity index (χ1n) is 9.16. The van der Waals surface area contributed by atoms with Gasteiger partial charge in [-0.25, -0.2) is 4.39 Å². The minimum Gasteiger partial charge on any atom is -0.481 e. The largest absolute Gasteiger partial charge is 0.481 e. The van der Waals surface area contributed by atoms with Crippen LogP contribution in [0.5, 0.6) is 5.75 Å². The van der Waals surface area contributed by atoms with E-state index >= 15 is 0 Å². The minimum atomic E-state index is -0.446. The van der Waals surface area contributed by atoms with Gasteiger partial charge < -0.3 is 14.5 Å². The second-order valence-electron chi connectivity index (χ2n) is 7.42. The number of hydrogen-bond acceptors (Lipinski definition) is 2. The maximum absolute atomic E-state index is 13.8. The highest BCUT2D eigenvalue weighted by molar-refractivity contribution is 5.97. The second-order valence-corrected chi connectivity index (χ2v) is 7.42. The monoisotopic (exact) mass is 355 g/mol. The number of nitrogens with one attached hydrogen (secondary N) is 1. The summed E-state index contributed by atoms with van der Waals surface area (Å²) in [5, 5.41) is 0. The number of hydrogen-bond donors (Lipinski definition) is 1. The Balaban J connectivity index is 1.59. The van der Waals surface area contributed by atoms with Gasteiger partial charge in [0.25, 0.3) is 5.91 Å². The number of fused-ring (bicyclic) bond motifs is 3. The minimum absolute atomic E-state index is 0.106. The lowest BCUT2D eigenvalue weighted by atomic mass is 9.89. The number of carbonyl (C=O) groups excluding carboxylic acids is 1. The molecule has 0 bridgehead atoms. The smallest absolute Gasteiger partial charge is 0.265 e. The van der Waals surface area contributed by atoms with E-state index in [0.29, 0.717) is 5.92 Å². The molecule has 3 atom stereocenters. The van der Waals surface area contributed by atoms with Gasteiger partial charge in [-0.15, -0.1) is 0 Å². The summed E-state index contributed by atoms with van der Waals surface area (Å²) in [6.45, 7) is 4.01. The van der Waals surface area contributed by atoms with Crippen LogP contribution < -0.4 is 14.5 Å². The molecule has 1 saturated heterocycles. The van der Waals surface area contributed by atoms with E-state index in [0.717, 1.165) is 25.2 Å². The number of quaternary nitrogens is 1. The van der Waals surface area contributed by atoms with Gasteiger partial charge in [-0.05, 0) is 30.7 Å². The number of piperidine rings is 1. The average molecular weight is 355 g/mol. The maximum Gasteiger partial charge on any atom is 0.265 e. The number of para-hydroxylation sites is 1. The van der Waals surface area contributed by atoms with Crippen LogP contribution in [0.2, 0.25) is 0 Å². The van der Waals surface area contributed by atoms with Crippen LogP contribution in [0.1, 0.15) is 23.5 Å². The van der Waals surface area contributed by atoms with Crippen molar-refractivity contribution in [1.29, 1.82) is 0 Å². The molecule has 2 aromatic carbocycles. The van der Waals surface area contributed by atoms with Crippen molar-refractivity contribution in [2.75, 3.05) is 31.6 Å². The summed E-state index contributed by atoms with van der Waals surface area (Å²) in [4.78, 5) is 16.4. The molecule has 2 aliphatic heterocycles. The van der Waals surface area contributed by atoms with Gasteiger partial charge in [-0.2, -0.15) is 0 Å². The van der Waals surface area contributed by atoms with E-state index in [4.69, 9.17) is 4.74 Å². The van der Waals surface area contributed by atoms with Gasteiger partial charge in [-0.3, -0.25) is 4.79 Å². The van der Waals surface area contributed by atoms with Crippen LogP contribution in [0.25, 0.3) is 0 Å². The molecular weight excluding hydrogens is 331 g/mol. The van der Waals surface area contributed by atoms with E-state index in [1.165, 1.54) is 22.1 Å². The number of nitrogens with zero attached hydrogens (tertiary/aromatic N) is 1. The van der Waals surface area contributed by atoms with E-state index in [1.807, 2.05) is 17.0 Å². The molecule has 136 valence electrons. The van der Waals surface area contributed by atoms with Crippen LogP contribution in [0.4, 0.5) is 10.1 Å². The van der Waals surface area contributed by atoms with Gasteiger partial charge in [0.15, 0.2) is 18.2 Å². The van der Waals surface area contributed by atoms with Gasteiger partial charge in [0.05, 0.1) is 32.1 Å². The number of likely N-dealkylation sites (tertiary alicyclic amines) is 1. The number of halogens is 1. The van der Waals surface area contributed by atoms with E-state index in [2.05, 4.69) is 20.0 Å². The Bertz CT molecular complexity index is 839. The fourth-order valence-corrected chi connectivity index (χ4v) is 4.29. The Hall–Kier alpha value is -2.40. The van der Waals surface area contributed by atoms with Crippen molar-refractivity contribution in [3.05, 3.63) is 59.4 Å². The van der Waals surface area contributed by atoms with Crippen molar-refractivity contribution in [1.82, 2.24) is 0 Å². The molecule has 1 N–H and O–H groups in total. The van der Waals surface area contributed by atoms with Gasteiger partial charge in [0.1, 0.15) is 0 Å². The molecule has 1 unspecified atom stereocenters. The Morgan fingerprint density at radius 2 is 2.12 bits per heavy atom. The van der Waals surface area contributed by atoms with E-state index in [-0.39, 0.29) is 24.3 Å². The Kier molecular flexibility index (Phi) is 4.41. The fraction of sp³-hybridized carbons (Fsp3) is 0.381.